The van der Waals surface area contributed by atoms with Crippen LogP contribution in [0.1, 0.15) is 258 Å². The molecule has 0 aromatic heterocycles. The molecule has 1 fully saturated rings. The standard InChI is InChI=1S/C53H100O12S/c1-3-5-7-9-11-13-15-17-19-21-23-24-26-27-29-31-33-35-37-39-41-48(54)62-43-46(44-63-53-52(58)51(57)50(56)47(65-53)45-66(59,60)61)64-49(55)42-40-38-36-34-32-30-28-25-22-20-18-16-14-12-10-8-6-4-2/h20,22,46-47,50-53,56-58H,3-19,21,23-45H2,1-2H3,(H,59,60,61)/b22-20-. The zero-order chi connectivity index (χ0) is 48.4. The molecule has 0 bridgehead atoms. The lowest BCUT2D eigenvalue weighted by molar-refractivity contribution is -0.297. The molecule has 6 atom stereocenters. The quantitative estimate of drug-likeness (QED) is 0.0196. The summed E-state index contributed by atoms with van der Waals surface area (Å²) in [5.41, 5.74) is 0. The Kier molecular flexibility index (Phi) is 41.0. The summed E-state index contributed by atoms with van der Waals surface area (Å²) in [4.78, 5) is 25.6. The molecule has 1 heterocycles. The number of aliphatic hydroxyl groups is 3. The highest BCUT2D eigenvalue weighted by Crippen LogP contribution is 2.24. The van der Waals surface area contributed by atoms with Crippen molar-refractivity contribution in [1.82, 2.24) is 0 Å². The molecular weight excluding hydrogens is 861 g/mol. The number of rotatable bonds is 47. The first kappa shape index (κ1) is 62.4. The highest BCUT2D eigenvalue weighted by atomic mass is 32.2. The molecule has 0 aromatic carbocycles. The molecule has 1 saturated heterocycles. The van der Waals surface area contributed by atoms with Crippen LogP contribution in [0.3, 0.4) is 0 Å². The number of allylic oxidation sites excluding steroid dienone is 2. The van der Waals surface area contributed by atoms with Gasteiger partial charge in [-0.15, -0.1) is 0 Å². The Balaban J connectivity index is 2.33. The maximum atomic E-state index is 12.9. The first-order chi connectivity index (χ1) is 32.0. The molecule has 12 nitrogen and oxygen atoms in total. The largest absolute Gasteiger partial charge is 0.462 e. The Morgan fingerprint density at radius 1 is 0.500 bits per heavy atom. The van der Waals surface area contributed by atoms with Crippen LogP contribution in [-0.2, 0) is 38.7 Å². The van der Waals surface area contributed by atoms with Crippen molar-refractivity contribution >= 4 is 22.1 Å². The van der Waals surface area contributed by atoms with Crippen LogP contribution in [-0.4, -0.2) is 96.0 Å². The van der Waals surface area contributed by atoms with Crippen LogP contribution >= 0.6 is 0 Å². The lowest BCUT2D eigenvalue weighted by Gasteiger charge is -2.40. The number of hydrogen-bond acceptors (Lipinski definition) is 11. The zero-order valence-corrected chi connectivity index (χ0v) is 42.9. The van der Waals surface area contributed by atoms with Gasteiger partial charge in [0.05, 0.1) is 6.61 Å². The van der Waals surface area contributed by atoms with Crippen LogP contribution in [0, 0.1) is 0 Å². The van der Waals surface area contributed by atoms with Crippen molar-refractivity contribution in [3.8, 4) is 0 Å². The van der Waals surface area contributed by atoms with Crippen molar-refractivity contribution < 1.29 is 56.8 Å². The van der Waals surface area contributed by atoms with Gasteiger partial charge >= 0.3 is 11.9 Å². The van der Waals surface area contributed by atoms with Crippen molar-refractivity contribution in [2.75, 3.05) is 19.0 Å². The first-order valence-corrected chi connectivity index (χ1v) is 28.9. The molecule has 0 aromatic rings. The molecule has 13 heteroatoms. The molecule has 6 unspecified atom stereocenters. The predicted molar refractivity (Wildman–Crippen MR) is 266 cm³/mol. The van der Waals surface area contributed by atoms with E-state index in [4.69, 9.17) is 18.9 Å². The fourth-order valence-corrected chi connectivity index (χ4v) is 9.31. The number of esters is 2. The topological polar surface area (TPSA) is 186 Å². The van der Waals surface area contributed by atoms with E-state index in [-0.39, 0.29) is 19.4 Å². The van der Waals surface area contributed by atoms with Crippen LogP contribution in [0.5, 0.6) is 0 Å². The van der Waals surface area contributed by atoms with Crippen molar-refractivity contribution in [3.05, 3.63) is 12.2 Å². The van der Waals surface area contributed by atoms with E-state index in [1.165, 1.54) is 167 Å². The fourth-order valence-electron chi connectivity index (χ4n) is 8.62. The molecule has 66 heavy (non-hydrogen) atoms. The second kappa shape index (κ2) is 43.4. The van der Waals surface area contributed by atoms with Gasteiger partial charge in [-0.1, -0.05) is 219 Å². The van der Waals surface area contributed by atoms with Gasteiger partial charge in [-0.25, -0.2) is 0 Å². The van der Waals surface area contributed by atoms with Gasteiger partial charge in [0.1, 0.15) is 36.8 Å². The van der Waals surface area contributed by atoms with E-state index in [0.29, 0.717) is 12.8 Å². The molecule has 1 aliphatic rings. The van der Waals surface area contributed by atoms with Crippen molar-refractivity contribution in [2.45, 2.75) is 295 Å². The molecule has 0 amide bonds. The average Bonchev–Trinajstić information content (AvgIpc) is 3.28. The van der Waals surface area contributed by atoms with Crippen molar-refractivity contribution in [1.29, 1.82) is 0 Å². The van der Waals surface area contributed by atoms with Crippen LogP contribution in [0.2, 0.25) is 0 Å². The van der Waals surface area contributed by atoms with Crippen LogP contribution in [0.15, 0.2) is 12.2 Å². The van der Waals surface area contributed by atoms with Gasteiger partial charge in [-0.3, -0.25) is 14.1 Å². The summed E-state index contributed by atoms with van der Waals surface area (Å²) in [6, 6.07) is 0. The second-order valence-electron chi connectivity index (χ2n) is 19.3. The minimum atomic E-state index is -4.60. The van der Waals surface area contributed by atoms with E-state index in [1.807, 2.05) is 0 Å². The number of unbranched alkanes of at least 4 members (excludes halogenated alkanes) is 33. The second-order valence-corrected chi connectivity index (χ2v) is 20.8. The molecule has 390 valence electrons. The summed E-state index contributed by atoms with van der Waals surface area (Å²) in [6.45, 7) is 3.81. The highest BCUT2D eigenvalue weighted by molar-refractivity contribution is 7.85. The maximum Gasteiger partial charge on any atom is 0.306 e. The lowest BCUT2D eigenvalue weighted by atomic mass is 10.00. The Labute approximate surface area is 403 Å². The van der Waals surface area contributed by atoms with E-state index in [9.17, 15) is 37.9 Å². The number of ether oxygens (including phenoxy) is 4. The third kappa shape index (κ3) is 37.3. The molecule has 1 aliphatic heterocycles. The molecule has 0 spiro atoms. The van der Waals surface area contributed by atoms with Gasteiger partial charge < -0.3 is 34.3 Å². The predicted octanol–water partition coefficient (Wildman–Crippen LogP) is 12.6. The SMILES string of the molecule is CCCCCCCCC/C=C\CCCCCCCCCC(=O)OC(COC(=O)CCCCCCCCCCCCCCCCCCCCCC)COC1OC(CS(=O)(=O)O)C(O)C(O)C1O. The third-order valence-electron chi connectivity index (χ3n) is 12.8. The van der Waals surface area contributed by atoms with E-state index >= 15 is 0 Å². The first-order valence-electron chi connectivity index (χ1n) is 27.2. The summed E-state index contributed by atoms with van der Waals surface area (Å²) in [7, 11) is -4.60. The van der Waals surface area contributed by atoms with E-state index < -0.39 is 71.2 Å². The minimum Gasteiger partial charge on any atom is -0.462 e. The van der Waals surface area contributed by atoms with Crippen LogP contribution in [0.25, 0.3) is 0 Å². The van der Waals surface area contributed by atoms with Gasteiger partial charge in [0.15, 0.2) is 12.4 Å². The van der Waals surface area contributed by atoms with Gasteiger partial charge in [0, 0.05) is 12.8 Å². The Hall–Kier alpha value is -1.61. The fraction of sp³-hybridized carbons (Fsp3) is 0.925. The summed E-state index contributed by atoms with van der Waals surface area (Å²) in [5, 5.41) is 31.0. The summed E-state index contributed by atoms with van der Waals surface area (Å²) < 4.78 is 54.3. The molecule has 4 N–H and O–H groups in total. The zero-order valence-electron chi connectivity index (χ0n) is 42.1. The van der Waals surface area contributed by atoms with Crippen LogP contribution < -0.4 is 0 Å². The Morgan fingerprint density at radius 2 is 0.864 bits per heavy atom. The van der Waals surface area contributed by atoms with Gasteiger partial charge in [-0.05, 0) is 38.5 Å². The smallest absolute Gasteiger partial charge is 0.306 e. The number of carbonyl (C=O) groups excluding carboxylic acids is 2. The summed E-state index contributed by atoms with van der Waals surface area (Å²) >= 11 is 0. The summed E-state index contributed by atoms with van der Waals surface area (Å²) in [6.07, 6.45) is 39.6. The van der Waals surface area contributed by atoms with Crippen molar-refractivity contribution in [3.63, 3.8) is 0 Å². The Bertz CT molecular complexity index is 1260. The lowest BCUT2D eigenvalue weighted by Crippen LogP contribution is -2.60. The molecule has 0 radical (unpaired) electrons. The number of aliphatic hydroxyl groups excluding tert-OH is 3. The van der Waals surface area contributed by atoms with E-state index in [2.05, 4.69) is 26.0 Å². The molecule has 1 rings (SSSR count). The molecular formula is C53H100O12S. The Morgan fingerprint density at radius 3 is 1.26 bits per heavy atom. The highest BCUT2D eigenvalue weighted by Gasteiger charge is 2.46. The average molecular weight is 961 g/mol. The minimum absolute atomic E-state index is 0.164. The maximum absolute atomic E-state index is 12.9. The van der Waals surface area contributed by atoms with Crippen LogP contribution in [0.4, 0.5) is 0 Å². The molecule has 0 aliphatic carbocycles. The van der Waals surface area contributed by atoms with Gasteiger partial charge in [0.2, 0.25) is 0 Å². The van der Waals surface area contributed by atoms with E-state index in [1.54, 1.807) is 0 Å². The normalized spacial score (nSPS) is 19.4. The van der Waals surface area contributed by atoms with Crippen molar-refractivity contribution in [2.24, 2.45) is 0 Å². The third-order valence-corrected chi connectivity index (χ3v) is 13.6. The number of hydrogen-bond donors (Lipinski definition) is 4. The monoisotopic (exact) mass is 961 g/mol. The summed E-state index contributed by atoms with van der Waals surface area (Å²) in [5.74, 6) is -1.97. The van der Waals surface area contributed by atoms with Gasteiger partial charge in [-0.2, -0.15) is 8.42 Å². The van der Waals surface area contributed by atoms with Gasteiger partial charge in [0.25, 0.3) is 10.1 Å². The van der Waals surface area contributed by atoms with E-state index in [0.717, 1.165) is 51.4 Å². The number of carbonyl (C=O) groups is 2. The molecule has 0 saturated carbocycles.